The fraction of sp³-hybridized carbons (Fsp3) is 0.833. The van der Waals surface area contributed by atoms with E-state index < -0.39 is 0 Å². The molecule has 0 N–H and O–H groups in total. The lowest BCUT2D eigenvalue weighted by molar-refractivity contribution is 0.0857. The lowest BCUT2D eigenvalue weighted by Crippen LogP contribution is -2.11. The zero-order chi connectivity index (χ0) is 10.9. The number of epoxide rings is 1. The average molecular weight is 214 g/mol. The number of hydrogen-bond donors (Lipinski definition) is 0. The van der Waals surface area contributed by atoms with Crippen LogP contribution in [0.15, 0.2) is 12.8 Å². The molecule has 2 unspecified atom stereocenters. The molecule has 0 aromatic rings. The van der Waals surface area contributed by atoms with Crippen LogP contribution in [-0.4, -0.2) is 32.0 Å². The van der Waals surface area contributed by atoms with E-state index in [9.17, 15) is 0 Å². The van der Waals surface area contributed by atoms with Crippen LogP contribution in [0.2, 0.25) is 0 Å². The van der Waals surface area contributed by atoms with Gasteiger partial charge in [-0.2, -0.15) is 0 Å². The first-order chi connectivity index (χ1) is 7.36. The maximum atomic E-state index is 5.46. The van der Waals surface area contributed by atoms with Crippen LogP contribution in [0, 0.1) is 0 Å². The normalized spacial score (nSPS) is 21.0. The summed E-state index contributed by atoms with van der Waals surface area (Å²) in [6.07, 6.45) is 6.57. The summed E-state index contributed by atoms with van der Waals surface area (Å²) in [7, 11) is 0. The molecule has 3 heteroatoms. The van der Waals surface area contributed by atoms with E-state index in [0.717, 1.165) is 45.5 Å². The van der Waals surface area contributed by atoms with Gasteiger partial charge in [-0.15, -0.1) is 0 Å². The van der Waals surface area contributed by atoms with E-state index in [1.807, 2.05) is 0 Å². The minimum absolute atomic E-state index is 0.313. The van der Waals surface area contributed by atoms with E-state index in [0.29, 0.717) is 12.2 Å². The van der Waals surface area contributed by atoms with Crippen LogP contribution in [0.25, 0.3) is 0 Å². The quantitative estimate of drug-likeness (QED) is 0.318. The Morgan fingerprint density at radius 1 is 1.53 bits per heavy atom. The van der Waals surface area contributed by atoms with Crippen molar-refractivity contribution in [2.45, 2.75) is 44.8 Å². The Morgan fingerprint density at radius 3 is 2.93 bits per heavy atom. The van der Waals surface area contributed by atoms with Gasteiger partial charge in [0.2, 0.25) is 0 Å². The molecule has 1 saturated heterocycles. The first kappa shape index (κ1) is 12.5. The van der Waals surface area contributed by atoms with Gasteiger partial charge in [-0.3, -0.25) is 0 Å². The standard InChI is InChI=1S/C12H22O3/c1-3-6-11(14-4-2)7-5-8-13-9-12-10-15-12/h4,11-12H,2-3,5-10H2,1H3. The highest BCUT2D eigenvalue weighted by molar-refractivity contribution is 4.67. The summed E-state index contributed by atoms with van der Waals surface area (Å²) in [5.74, 6) is 0. The van der Waals surface area contributed by atoms with Crippen molar-refractivity contribution in [3.8, 4) is 0 Å². The maximum absolute atomic E-state index is 5.46. The Balaban J connectivity index is 1.91. The minimum Gasteiger partial charge on any atom is -0.499 e. The van der Waals surface area contributed by atoms with E-state index in [1.54, 1.807) is 6.26 Å². The third-order valence-electron chi connectivity index (χ3n) is 2.42. The molecule has 0 bridgehead atoms. The van der Waals surface area contributed by atoms with Crippen molar-refractivity contribution in [1.82, 2.24) is 0 Å². The third-order valence-corrected chi connectivity index (χ3v) is 2.42. The molecule has 1 fully saturated rings. The number of rotatable bonds is 10. The maximum Gasteiger partial charge on any atom is 0.104 e. The van der Waals surface area contributed by atoms with Crippen LogP contribution in [0.5, 0.6) is 0 Å². The molecule has 15 heavy (non-hydrogen) atoms. The molecule has 0 amide bonds. The van der Waals surface area contributed by atoms with E-state index in [2.05, 4.69) is 13.5 Å². The lowest BCUT2D eigenvalue weighted by Gasteiger charge is -2.15. The van der Waals surface area contributed by atoms with Crippen molar-refractivity contribution in [3.05, 3.63) is 12.8 Å². The summed E-state index contributed by atoms with van der Waals surface area (Å²) in [4.78, 5) is 0. The zero-order valence-electron chi connectivity index (χ0n) is 9.61. The van der Waals surface area contributed by atoms with Gasteiger partial charge in [0.25, 0.3) is 0 Å². The zero-order valence-corrected chi connectivity index (χ0v) is 9.61. The van der Waals surface area contributed by atoms with Gasteiger partial charge in [0, 0.05) is 6.61 Å². The second-order valence-corrected chi connectivity index (χ2v) is 3.89. The fourth-order valence-corrected chi connectivity index (χ4v) is 1.53. The van der Waals surface area contributed by atoms with Crippen molar-refractivity contribution in [1.29, 1.82) is 0 Å². The Bertz CT molecular complexity index is 166. The van der Waals surface area contributed by atoms with Crippen LogP contribution in [-0.2, 0) is 14.2 Å². The minimum atomic E-state index is 0.313. The van der Waals surface area contributed by atoms with Gasteiger partial charge in [0.05, 0.1) is 25.6 Å². The van der Waals surface area contributed by atoms with E-state index in [4.69, 9.17) is 14.2 Å². The summed E-state index contributed by atoms with van der Waals surface area (Å²) >= 11 is 0. The second kappa shape index (κ2) is 7.71. The first-order valence-corrected chi connectivity index (χ1v) is 5.82. The largest absolute Gasteiger partial charge is 0.499 e. The monoisotopic (exact) mass is 214 g/mol. The number of hydrogen-bond acceptors (Lipinski definition) is 3. The average Bonchev–Trinajstić information content (AvgIpc) is 3.02. The highest BCUT2D eigenvalue weighted by Gasteiger charge is 2.22. The van der Waals surface area contributed by atoms with Crippen molar-refractivity contribution in [3.63, 3.8) is 0 Å². The van der Waals surface area contributed by atoms with Crippen molar-refractivity contribution in [2.24, 2.45) is 0 Å². The van der Waals surface area contributed by atoms with Gasteiger partial charge in [0.15, 0.2) is 0 Å². The molecule has 1 rings (SSSR count). The third kappa shape index (κ3) is 6.52. The van der Waals surface area contributed by atoms with E-state index in [-0.39, 0.29) is 0 Å². The SMILES string of the molecule is C=COC(CCC)CCCOCC1CO1. The van der Waals surface area contributed by atoms with Crippen LogP contribution < -0.4 is 0 Å². The molecule has 1 aliphatic heterocycles. The van der Waals surface area contributed by atoms with E-state index in [1.165, 1.54) is 0 Å². The summed E-state index contributed by atoms with van der Waals surface area (Å²) in [6.45, 7) is 8.19. The first-order valence-electron chi connectivity index (χ1n) is 5.82. The topological polar surface area (TPSA) is 31.0 Å². The molecule has 0 aromatic carbocycles. The van der Waals surface area contributed by atoms with Gasteiger partial charge >= 0.3 is 0 Å². The lowest BCUT2D eigenvalue weighted by atomic mass is 10.1. The molecule has 2 atom stereocenters. The van der Waals surface area contributed by atoms with Crippen LogP contribution in [0.3, 0.4) is 0 Å². The highest BCUT2D eigenvalue weighted by atomic mass is 16.6. The van der Waals surface area contributed by atoms with Gasteiger partial charge in [-0.1, -0.05) is 19.9 Å². The van der Waals surface area contributed by atoms with Crippen LogP contribution in [0.4, 0.5) is 0 Å². The smallest absolute Gasteiger partial charge is 0.104 e. The van der Waals surface area contributed by atoms with Crippen molar-refractivity contribution in [2.75, 3.05) is 19.8 Å². The van der Waals surface area contributed by atoms with Gasteiger partial charge < -0.3 is 14.2 Å². The molecule has 0 radical (unpaired) electrons. The molecule has 0 aromatic heterocycles. The van der Waals surface area contributed by atoms with Gasteiger partial charge in [-0.25, -0.2) is 0 Å². The molecule has 0 aliphatic carbocycles. The van der Waals surface area contributed by atoms with Crippen molar-refractivity contribution >= 4 is 0 Å². The second-order valence-electron chi connectivity index (χ2n) is 3.89. The molecule has 1 aliphatic rings. The summed E-state index contributed by atoms with van der Waals surface area (Å²) in [6, 6.07) is 0. The summed E-state index contributed by atoms with van der Waals surface area (Å²) in [5, 5.41) is 0. The van der Waals surface area contributed by atoms with Gasteiger partial charge in [0.1, 0.15) is 6.10 Å². The molecule has 0 spiro atoms. The fourth-order valence-electron chi connectivity index (χ4n) is 1.53. The van der Waals surface area contributed by atoms with Crippen LogP contribution >= 0.6 is 0 Å². The van der Waals surface area contributed by atoms with Crippen molar-refractivity contribution < 1.29 is 14.2 Å². The molecular formula is C12H22O3. The predicted molar refractivity (Wildman–Crippen MR) is 59.8 cm³/mol. The van der Waals surface area contributed by atoms with Gasteiger partial charge in [-0.05, 0) is 19.3 Å². The molecule has 0 saturated carbocycles. The Hall–Kier alpha value is -0.540. The number of ether oxygens (including phenoxy) is 3. The predicted octanol–water partition coefficient (Wildman–Crippen LogP) is 2.51. The molecular weight excluding hydrogens is 192 g/mol. The molecule has 88 valence electrons. The Labute approximate surface area is 92.4 Å². The van der Waals surface area contributed by atoms with Crippen LogP contribution in [0.1, 0.15) is 32.6 Å². The van der Waals surface area contributed by atoms with E-state index >= 15 is 0 Å². The highest BCUT2D eigenvalue weighted by Crippen LogP contribution is 2.11. The Kier molecular flexibility index (Phi) is 6.44. The summed E-state index contributed by atoms with van der Waals surface area (Å²) in [5.41, 5.74) is 0. The Morgan fingerprint density at radius 2 is 2.33 bits per heavy atom. The molecule has 3 nitrogen and oxygen atoms in total. The summed E-state index contributed by atoms with van der Waals surface area (Å²) < 4.78 is 15.9. The molecule has 1 heterocycles.